The molecule has 0 fully saturated rings. The lowest BCUT2D eigenvalue weighted by Crippen LogP contribution is -2.10. The molecule has 0 bridgehead atoms. The van der Waals surface area contributed by atoms with E-state index >= 15 is 0 Å². The van der Waals surface area contributed by atoms with E-state index in [4.69, 9.17) is 5.11 Å². The van der Waals surface area contributed by atoms with Crippen molar-refractivity contribution in [2.45, 2.75) is 26.7 Å². The average molecular weight is 273 g/mol. The summed E-state index contributed by atoms with van der Waals surface area (Å²) in [6, 6.07) is 1.73. The number of phenolic OH excluding ortho intramolecular Hbond substituents is 1. The monoisotopic (exact) mass is 272 g/mol. The van der Waals surface area contributed by atoms with Gasteiger partial charge in [-0.1, -0.05) is 15.9 Å². The molecule has 0 radical (unpaired) electrons. The highest BCUT2D eigenvalue weighted by molar-refractivity contribution is 9.10. The predicted molar refractivity (Wildman–Crippen MR) is 61.3 cm³/mol. The van der Waals surface area contributed by atoms with Crippen LogP contribution in [0.15, 0.2) is 10.5 Å². The van der Waals surface area contributed by atoms with Crippen LogP contribution in [0, 0.1) is 13.8 Å². The number of carbonyl (C=O) groups is 1. The van der Waals surface area contributed by atoms with Crippen molar-refractivity contribution >= 4 is 21.9 Å². The van der Waals surface area contributed by atoms with Crippen LogP contribution in [0.4, 0.5) is 0 Å². The second kappa shape index (κ2) is 4.23. The Bertz CT molecular complexity index is 413. The molecule has 0 heterocycles. The van der Waals surface area contributed by atoms with Gasteiger partial charge in [-0.25, -0.2) is 0 Å². The van der Waals surface area contributed by atoms with Crippen LogP contribution in [-0.4, -0.2) is 16.2 Å². The van der Waals surface area contributed by atoms with Gasteiger partial charge in [-0.3, -0.25) is 4.79 Å². The van der Waals surface area contributed by atoms with Crippen molar-refractivity contribution < 1.29 is 15.0 Å². The Balaban J connectivity index is 3.42. The lowest BCUT2D eigenvalue weighted by Gasteiger charge is -2.15. The van der Waals surface area contributed by atoms with Gasteiger partial charge in [-0.15, -0.1) is 0 Å². The van der Waals surface area contributed by atoms with E-state index in [9.17, 15) is 9.90 Å². The summed E-state index contributed by atoms with van der Waals surface area (Å²) in [5.74, 6) is -1.37. The SMILES string of the molecule is Cc1cc(Br)c(C(C)C(=O)O)c(C)c1O. The highest BCUT2D eigenvalue weighted by Crippen LogP contribution is 2.35. The van der Waals surface area contributed by atoms with Crippen molar-refractivity contribution in [3.63, 3.8) is 0 Å². The molecule has 3 nitrogen and oxygen atoms in total. The van der Waals surface area contributed by atoms with Crippen LogP contribution in [0.1, 0.15) is 29.5 Å². The highest BCUT2D eigenvalue weighted by atomic mass is 79.9. The average Bonchev–Trinajstić information content (AvgIpc) is 2.14. The maximum Gasteiger partial charge on any atom is 0.310 e. The highest BCUT2D eigenvalue weighted by Gasteiger charge is 2.21. The normalized spacial score (nSPS) is 12.5. The van der Waals surface area contributed by atoms with Gasteiger partial charge < -0.3 is 10.2 Å². The van der Waals surface area contributed by atoms with Crippen molar-refractivity contribution in [3.8, 4) is 5.75 Å². The number of benzene rings is 1. The Morgan fingerprint density at radius 3 is 2.47 bits per heavy atom. The maximum atomic E-state index is 10.9. The van der Waals surface area contributed by atoms with Crippen molar-refractivity contribution in [2.75, 3.05) is 0 Å². The zero-order valence-corrected chi connectivity index (χ0v) is 10.4. The first-order chi connectivity index (χ1) is 6.86. The van der Waals surface area contributed by atoms with Gasteiger partial charge in [0.25, 0.3) is 0 Å². The molecule has 0 saturated heterocycles. The molecule has 1 unspecified atom stereocenters. The fraction of sp³-hybridized carbons (Fsp3) is 0.364. The molecule has 0 aliphatic heterocycles. The molecule has 1 atom stereocenters. The molecule has 0 aliphatic rings. The molecule has 0 amide bonds. The Kier molecular flexibility index (Phi) is 3.39. The topological polar surface area (TPSA) is 57.5 Å². The number of aryl methyl sites for hydroxylation is 1. The summed E-state index contributed by atoms with van der Waals surface area (Å²) in [5.41, 5.74) is 1.99. The second-order valence-corrected chi connectivity index (χ2v) is 4.48. The van der Waals surface area contributed by atoms with Gasteiger partial charge in [0.2, 0.25) is 0 Å². The Morgan fingerprint density at radius 2 is 2.00 bits per heavy atom. The number of hydrogen-bond donors (Lipinski definition) is 2. The minimum absolute atomic E-state index is 0.168. The van der Waals surface area contributed by atoms with E-state index in [0.29, 0.717) is 11.1 Å². The predicted octanol–water partition coefficient (Wildman–Crippen LogP) is 2.96. The zero-order chi connectivity index (χ0) is 11.7. The van der Waals surface area contributed by atoms with Crippen LogP contribution in [0.5, 0.6) is 5.75 Å². The van der Waals surface area contributed by atoms with Crippen molar-refractivity contribution in [1.82, 2.24) is 0 Å². The quantitative estimate of drug-likeness (QED) is 0.870. The first kappa shape index (κ1) is 12.0. The van der Waals surface area contributed by atoms with Crippen LogP contribution in [0.2, 0.25) is 0 Å². The molecule has 0 saturated carbocycles. The molecular weight excluding hydrogens is 260 g/mol. The first-order valence-corrected chi connectivity index (χ1v) is 5.37. The molecule has 2 N–H and O–H groups in total. The third kappa shape index (κ3) is 2.15. The minimum Gasteiger partial charge on any atom is -0.507 e. The summed E-state index contributed by atoms with van der Waals surface area (Å²) >= 11 is 3.33. The minimum atomic E-state index is -0.901. The number of halogens is 1. The van der Waals surface area contributed by atoms with E-state index in [-0.39, 0.29) is 5.75 Å². The molecule has 82 valence electrons. The number of phenols is 1. The summed E-state index contributed by atoms with van der Waals surface area (Å²) in [7, 11) is 0. The van der Waals surface area contributed by atoms with Gasteiger partial charge >= 0.3 is 5.97 Å². The molecule has 15 heavy (non-hydrogen) atoms. The van der Waals surface area contributed by atoms with Gasteiger partial charge in [-0.2, -0.15) is 0 Å². The van der Waals surface area contributed by atoms with Gasteiger partial charge in [0.05, 0.1) is 5.92 Å². The van der Waals surface area contributed by atoms with Crippen LogP contribution in [0.25, 0.3) is 0 Å². The number of rotatable bonds is 2. The second-order valence-electron chi connectivity index (χ2n) is 3.62. The molecular formula is C11H13BrO3. The van der Waals surface area contributed by atoms with Crippen molar-refractivity contribution in [3.05, 3.63) is 27.2 Å². The summed E-state index contributed by atoms with van der Waals surface area (Å²) in [4.78, 5) is 10.9. The van der Waals surface area contributed by atoms with Gasteiger partial charge in [0, 0.05) is 4.47 Å². The molecule has 1 rings (SSSR count). The van der Waals surface area contributed by atoms with Crippen LogP contribution in [-0.2, 0) is 4.79 Å². The van der Waals surface area contributed by atoms with E-state index in [1.807, 2.05) is 0 Å². The van der Waals surface area contributed by atoms with Crippen LogP contribution < -0.4 is 0 Å². The summed E-state index contributed by atoms with van der Waals surface area (Å²) in [6.45, 7) is 5.11. The third-order valence-electron chi connectivity index (χ3n) is 2.54. The van der Waals surface area contributed by atoms with E-state index in [1.165, 1.54) is 0 Å². The number of aromatic hydroxyl groups is 1. The summed E-state index contributed by atoms with van der Waals surface area (Å²) in [5, 5.41) is 18.7. The number of carboxylic acids is 1. The lowest BCUT2D eigenvalue weighted by atomic mass is 9.94. The van der Waals surface area contributed by atoms with Gasteiger partial charge in [-0.05, 0) is 43.5 Å². The van der Waals surface area contributed by atoms with Gasteiger partial charge in [0.1, 0.15) is 5.75 Å². The maximum absolute atomic E-state index is 10.9. The van der Waals surface area contributed by atoms with E-state index in [1.54, 1.807) is 26.8 Å². The fourth-order valence-electron chi connectivity index (χ4n) is 1.59. The molecule has 0 spiro atoms. The largest absolute Gasteiger partial charge is 0.507 e. The van der Waals surface area contributed by atoms with E-state index in [0.717, 1.165) is 10.0 Å². The molecule has 1 aromatic rings. The van der Waals surface area contributed by atoms with Crippen LogP contribution >= 0.6 is 15.9 Å². The molecule has 4 heteroatoms. The fourth-order valence-corrected chi connectivity index (χ4v) is 2.58. The van der Waals surface area contributed by atoms with Crippen LogP contribution in [0.3, 0.4) is 0 Å². The summed E-state index contributed by atoms with van der Waals surface area (Å²) in [6.07, 6.45) is 0. The molecule has 1 aromatic carbocycles. The van der Waals surface area contributed by atoms with Crippen molar-refractivity contribution in [1.29, 1.82) is 0 Å². The zero-order valence-electron chi connectivity index (χ0n) is 8.84. The van der Waals surface area contributed by atoms with Crippen molar-refractivity contribution in [2.24, 2.45) is 0 Å². The third-order valence-corrected chi connectivity index (χ3v) is 3.19. The summed E-state index contributed by atoms with van der Waals surface area (Å²) < 4.78 is 0.727. The number of aliphatic carboxylic acids is 1. The molecule has 0 aromatic heterocycles. The smallest absolute Gasteiger partial charge is 0.310 e. The number of carboxylic acid groups (broad SMARTS) is 1. The Morgan fingerprint density at radius 1 is 1.47 bits per heavy atom. The lowest BCUT2D eigenvalue weighted by molar-refractivity contribution is -0.138. The number of hydrogen-bond acceptors (Lipinski definition) is 2. The first-order valence-electron chi connectivity index (χ1n) is 4.57. The Labute approximate surface area is 96.9 Å². The van der Waals surface area contributed by atoms with Gasteiger partial charge in [0.15, 0.2) is 0 Å². The van der Waals surface area contributed by atoms with E-state index < -0.39 is 11.9 Å². The molecule has 0 aliphatic carbocycles. The standard InChI is InChI=1S/C11H13BrO3/c1-5-4-8(12)9(6(2)10(5)13)7(3)11(14)15/h4,7,13H,1-3H3,(H,14,15). The van der Waals surface area contributed by atoms with E-state index in [2.05, 4.69) is 15.9 Å². The Hall–Kier alpha value is -1.03.